The molecular formula is C14H12. The van der Waals surface area contributed by atoms with Crippen molar-refractivity contribution in [3.05, 3.63) is 53.1 Å². The first-order chi connectivity index (χ1) is 6.93. The Morgan fingerprint density at radius 3 is 3.00 bits per heavy atom. The van der Waals surface area contributed by atoms with Crippen LogP contribution in [-0.2, 0) is 6.42 Å². The lowest BCUT2D eigenvalue weighted by Crippen LogP contribution is -2.05. The molecule has 68 valence electrons. The highest BCUT2D eigenvalue weighted by Crippen LogP contribution is 2.53. The van der Waals surface area contributed by atoms with Gasteiger partial charge >= 0.3 is 0 Å². The molecule has 0 aromatic heterocycles. The summed E-state index contributed by atoms with van der Waals surface area (Å²) in [5.41, 5.74) is 6.40. The van der Waals surface area contributed by atoms with Crippen molar-refractivity contribution in [2.24, 2.45) is 11.8 Å². The molecule has 3 aliphatic carbocycles. The minimum absolute atomic E-state index is 0.826. The van der Waals surface area contributed by atoms with Crippen LogP contribution in [0, 0.1) is 11.8 Å². The van der Waals surface area contributed by atoms with Crippen LogP contribution in [0.15, 0.2) is 42.0 Å². The maximum absolute atomic E-state index is 2.41. The predicted octanol–water partition coefficient (Wildman–Crippen LogP) is 3.20. The van der Waals surface area contributed by atoms with Gasteiger partial charge in [0.1, 0.15) is 0 Å². The van der Waals surface area contributed by atoms with Crippen molar-refractivity contribution in [2.75, 3.05) is 0 Å². The van der Waals surface area contributed by atoms with Gasteiger partial charge in [-0.1, -0.05) is 36.4 Å². The molecule has 0 saturated heterocycles. The normalized spacial score (nSPS) is 31.1. The summed E-state index contributed by atoms with van der Waals surface area (Å²) >= 11 is 0. The largest absolute Gasteiger partial charge is 0.0802 e. The molecule has 0 nitrogen and oxygen atoms in total. The van der Waals surface area contributed by atoms with Crippen LogP contribution in [0.3, 0.4) is 0 Å². The van der Waals surface area contributed by atoms with Gasteiger partial charge in [-0.25, -0.2) is 0 Å². The Morgan fingerprint density at radius 1 is 1.07 bits per heavy atom. The Balaban J connectivity index is 2.02. The molecule has 2 unspecified atom stereocenters. The molecule has 0 aliphatic heterocycles. The van der Waals surface area contributed by atoms with E-state index in [1.807, 2.05) is 0 Å². The van der Waals surface area contributed by atoms with Crippen molar-refractivity contribution < 1.29 is 0 Å². The Morgan fingerprint density at radius 2 is 2.00 bits per heavy atom. The third-order valence-electron chi connectivity index (χ3n) is 3.98. The molecule has 2 bridgehead atoms. The summed E-state index contributed by atoms with van der Waals surface area (Å²) in [7, 11) is 0. The third-order valence-corrected chi connectivity index (χ3v) is 3.98. The van der Waals surface area contributed by atoms with Crippen molar-refractivity contribution >= 4 is 5.57 Å². The average molecular weight is 180 g/mol. The molecule has 0 radical (unpaired) electrons. The predicted molar refractivity (Wildman–Crippen MR) is 57.8 cm³/mol. The first-order valence-electron chi connectivity index (χ1n) is 5.43. The van der Waals surface area contributed by atoms with Crippen LogP contribution in [0.1, 0.15) is 17.5 Å². The highest BCUT2D eigenvalue weighted by molar-refractivity contribution is 5.82. The fraction of sp³-hybridized carbons (Fsp3) is 0.286. The molecule has 1 aromatic rings. The van der Waals surface area contributed by atoms with Crippen LogP contribution in [0.4, 0.5) is 0 Å². The minimum Gasteiger partial charge on any atom is -0.0802 e. The lowest BCUT2D eigenvalue weighted by molar-refractivity contribution is 0.538. The van der Waals surface area contributed by atoms with Crippen molar-refractivity contribution in [3.8, 4) is 0 Å². The maximum atomic E-state index is 2.41. The molecule has 14 heavy (non-hydrogen) atoms. The van der Waals surface area contributed by atoms with Crippen molar-refractivity contribution in [1.82, 2.24) is 0 Å². The zero-order valence-electron chi connectivity index (χ0n) is 8.03. The molecule has 3 aliphatic rings. The fourth-order valence-corrected chi connectivity index (χ4v) is 3.38. The van der Waals surface area contributed by atoms with E-state index in [9.17, 15) is 0 Å². The molecule has 0 spiro atoms. The van der Waals surface area contributed by atoms with Gasteiger partial charge in [0.05, 0.1) is 0 Å². The smallest absolute Gasteiger partial charge is 0.00463 e. The van der Waals surface area contributed by atoms with Crippen molar-refractivity contribution in [2.45, 2.75) is 12.8 Å². The summed E-state index contributed by atoms with van der Waals surface area (Å²) in [5, 5.41) is 0. The first-order valence-corrected chi connectivity index (χ1v) is 5.43. The van der Waals surface area contributed by atoms with Crippen molar-refractivity contribution in [3.63, 3.8) is 0 Å². The highest BCUT2D eigenvalue weighted by atomic mass is 14.4. The fourth-order valence-electron chi connectivity index (χ4n) is 3.38. The second-order valence-corrected chi connectivity index (χ2v) is 4.63. The van der Waals surface area contributed by atoms with Gasteiger partial charge in [0, 0.05) is 0 Å². The second kappa shape index (κ2) is 2.20. The molecule has 0 amide bonds. The van der Waals surface area contributed by atoms with Gasteiger partial charge in [0.15, 0.2) is 0 Å². The van der Waals surface area contributed by atoms with Crippen molar-refractivity contribution in [1.29, 1.82) is 0 Å². The maximum Gasteiger partial charge on any atom is -0.00463 e. The SMILES string of the molecule is C1=CC2CC1=C1c3ccccc3CC12. The summed E-state index contributed by atoms with van der Waals surface area (Å²) in [6.45, 7) is 0. The molecular weight excluding hydrogens is 168 g/mol. The molecule has 0 heteroatoms. The van der Waals surface area contributed by atoms with E-state index in [0.29, 0.717) is 0 Å². The molecule has 4 rings (SSSR count). The van der Waals surface area contributed by atoms with Gasteiger partial charge in [-0.2, -0.15) is 0 Å². The van der Waals surface area contributed by atoms with E-state index < -0.39 is 0 Å². The quantitative estimate of drug-likeness (QED) is 0.575. The molecule has 0 heterocycles. The van der Waals surface area contributed by atoms with E-state index in [2.05, 4.69) is 36.4 Å². The number of hydrogen-bond acceptors (Lipinski definition) is 0. The lowest BCUT2D eigenvalue weighted by atomic mass is 9.90. The highest BCUT2D eigenvalue weighted by Gasteiger charge is 2.40. The summed E-state index contributed by atoms with van der Waals surface area (Å²) in [6.07, 6.45) is 7.35. The third kappa shape index (κ3) is 0.672. The van der Waals surface area contributed by atoms with E-state index in [4.69, 9.17) is 0 Å². The summed E-state index contributed by atoms with van der Waals surface area (Å²) < 4.78 is 0. The average Bonchev–Trinajstić information content (AvgIpc) is 2.88. The molecule has 2 atom stereocenters. The van der Waals surface area contributed by atoms with Crippen LogP contribution in [0.5, 0.6) is 0 Å². The number of benzene rings is 1. The molecule has 0 N–H and O–H groups in total. The zero-order valence-corrected chi connectivity index (χ0v) is 8.03. The van der Waals surface area contributed by atoms with Crippen LogP contribution in [-0.4, -0.2) is 0 Å². The molecule has 0 saturated carbocycles. The summed E-state index contributed by atoms with van der Waals surface area (Å²) in [4.78, 5) is 0. The van der Waals surface area contributed by atoms with Crippen LogP contribution in [0.25, 0.3) is 5.57 Å². The van der Waals surface area contributed by atoms with Crippen LogP contribution in [0.2, 0.25) is 0 Å². The van der Waals surface area contributed by atoms with E-state index in [1.54, 1.807) is 22.3 Å². The lowest BCUT2D eigenvalue weighted by Gasteiger charge is -2.13. The number of rotatable bonds is 0. The standard InChI is InChI=1S/C14H12/c1-2-4-12-9(3-1)8-13-10-5-6-11(7-10)14(12)13/h1-6,10,13H,7-8H2. The Kier molecular flexibility index (Phi) is 1.11. The van der Waals surface area contributed by atoms with Gasteiger partial charge in [0.25, 0.3) is 0 Å². The molecule has 0 fully saturated rings. The zero-order chi connectivity index (χ0) is 9.12. The van der Waals surface area contributed by atoms with Crippen LogP contribution < -0.4 is 0 Å². The Labute approximate surface area is 84.0 Å². The van der Waals surface area contributed by atoms with Gasteiger partial charge in [-0.15, -0.1) is 0 Å². The Bertz CT molecular complexity index is 477. The van der Waals surface area contributed by atoms with Gasteiger partial charge in [-0.3, -0.25) is 0 Å². The van der Waals surface area contributed by atoms with E-state index in [0.717, 1.165) is 11.8 Å². The first kappa shape index (κ1) is 7.05. The van der Waals surface area contributed by atoms with Gasteiger partial charge < -0.3 is 0 Å². The molecule has 1 aromatic carbocycles. The minimum atomic E-state index is 0.826. The van der Waals surface area contributed by atoms with E-state index in [1.165, 1.54) is 12.8 Å². The summed E-state index contributed by atoms with van der Waals surface area (Å²) in [6, 6.07) is 8.93. The number of allylic oxidation sites excluding steroid dienone is 4. The van der Waals surface area contributed by atoms with E-state index in [-0.39, 0.29) is 0 Å². The topological polar surface area (TPSA) is 0 Å². The van der Waals surface area contributed by atoms with Gasteiger partial charge in [-0.05, 0) is 47.0 Å². The van der Waals surface area contributed by atoms with Gasteiger partial charge in [0.2, 0.25) is 0 Å². The monoisotopic (exact) mass is 180 g/mol. The van der Waals surface area contributed by atoms with Crippen LogP contribution >= 0.6 is 0 Å². The number of hydrogen-bond donors (Lipinski definition) is 0. The number of fused-ring (bicyclic) bond motifs is 6. The van der Waals surface area contributed by atoms with E-state index >= 15 is 0 Å². The second-order valence-electron chi connectivity index (χ2n) is 4.63. The summed E-state index contributed by atoms with van der Waals surface area (Å²) in [5.74, 6) is 1.65. The Hall–Kier alpha value is -1.30.